The van der Waals surface area contributed by atoms with E-state index >= 15 is 0 Å². The van der Waals surface area contributed by atoms with Crippen molar-refractivity contribution in [3.63, 3.8) is 0 Å². The average molecular weight is 838 g/mol. The molecule has 306 valence electrons. The topological polar surface area (TPSA) is 18.1 Å². The highest BCUT2D eigenvalue weighted by Crippen LogP contribution is 2.50. The molecule has 2 aromatic heterocycles. The normalized spacial score (nSPS) is 11.9. The Balaban J connectivity index is 1.00. The number of hydrogen-bond donors (Lipinski definition) is 0. The monoisotopic (exact) mass is 837 g/mol. The molecule has 2 nitrogen and oxygen atoms in total. The molecular formula is C64H39NO. The summed E-state index contributed by atoms with van der Waals surface area (Å²) in [6.45, 7) is 0. The van der Waals surface area contributed by atoms with Gasteiger partial charge in [0.05, 0.1) is 11.0 Å². The van der Waals surface area contributed by atoms with Crippen molar-refractivity contribution in [2.45, 2.75) is 0 Å². The van der Waals surface area contributed by atoms with Gasteiger partial charge in [-0.3, -0.25) is 0 Å². The van der Waals surface area contributed by atoms with Gasteiger partial charge in [0.15, 0.2) is 0 Å². The minimum Gasteiger partial charge on any atom is -0.455 e. The number of furan rings is 1. The van der Waals surface area contributed by atoms with Crippen LogP contribution >= 0.6 is 0 Å². The van der Waals surface area contributed by atoms with Gasteiger partial charge in [-0.25, -0.2) is 0 Å². The molecule has 0 unspecified atom stereocenters. The van der Waals surface area contributed by atoms with Gasteiger partial charge in [0.2, 0.25) is 0 Å². The molecule has 0 amide bonds. The Hall–Kier alpha value is -8.72. The van der Waals surface area contributed by atoms with Crippen LogP contribution in [0.25, 0.3) is 137 Å². The first-order valence-electron chi connectivity index (χ1n) is 22.8. The van der Waals surface area contributed by atoms with Gasteiger partial charge < -0.3 is 8.98 Å². The molecule has 0 bridgehead atoms. The zero-order valence-corrected chi connectivity index (χ0v) is 35.9. The molecule has 14 aromatic rings. The lowest BCUT2D eigenvalue weighted by Gasteiger charge is -2.18. The quantitative estimate of drug-likeness (QED) is 0.158. The highest BCUT2D eigenvalue weighted by atomic mass is 16.3. The molecule has 14 rings (SSSR count). The molecular weight excluding hydrogens is 799 g/mol. The molecule has 2 heteroatoms. The van der Waals surface area contributed by atoms with Gasteiger partial charge in [-0.15, -0.1) is 0 Å². The van der Waals surface area contributed by atoms with Crippen LogP contribution in [0.4, 0.5) is 0 Å². The van der Waals surface area contributed by atoms with Crippen LogP contribution in [0.5, 0.6) is 0 Å². The third-order valence-electron chi connectivity index (χ3n) is 14.0. The van der Waals surface area contributed by atoms with Crippen LogP contribution in [0.3, 0.4) is 0 Å². The van der Waals surface area contributed by atoms with Gasteiger partial charge in [-0.05, 0) is 113 Å². The SMILES string of the molecule is c1ccc(-c2c3ccccc3c(-c3cccc4c3oc3cc(-c5c6ccccc6c(-c6cccc7c6c6ccccc6n7-c6ccccc6)c6ccccc56)ccc34)c3ccccc23)cc1. The summed E-state index contributed by atoms with van der Waals surface area (Å²) in [5.74, 6) is 0. The number of rotatable bonds is 5. The molecule has 2 heterocycles. The van der Waals surface area contributed by atoms with Crippen molar-refractivity contribution in [3.05, 3.63) is 237 Å². The second kappa shape index (κ2) is 14.4. The molecule has 12 aromatic carbocycles. The van der Waals surface area contributed by atoms with E-state index < -0.39 is 0 Å². The number of aromatic nitrogens is 1. The summed E-state index contributed by atoms with van der Waals surface area (Å²) in [5.41, 5.74) is 14.9. The van der Waals surface area contributed by atoms with Crippen LogP contribution in [0.2, 0.25) is 0 Å². The van der Waals surface area contributed by atoms with Crippen molar-refractivity contribution in [1.82, 2.24) is 4.57 Å². The highest BCUT2D eigenvalue weighted by molar-refractivity contribution is 6.28. The van der Waals surface area contributed by atoms with E-state index in [1.165, 1.54) is 98.3 Å². The standard InChI is InChI=1S/C64H39NO/c1-3-19-40(20-4-1)59-44-23-7-13-29-50(44)62(51-30-14-8-24-45(51)59)55-34-17-32-52-43-38-37-41(39-58(43)66-64(52)55)60-46-25-9-11-27-48(46)61(49-28-12-10-26-47(49)60)54-33-18-36-57-63(54)53-31-15-16-35-56(53)65(57)42-21-5-2-6-22-42/h1-39H. The minimum atomic E-state index is 0.875. The summed E-state index contributed by atoms with van der Waals surface area (Å²) >= 11 is 0. The molecule has 0 saturated carbocycles. The van der Waals surface area contributed by atoms with Gasteiger partial charge in [0, 0.05) is 38.4 Å². The van der Waals surface area contributed by atoms with Crippen molar-refractivity contribution in [3.8, 4) is 50.2 Å². The Labute approximate surface area is 380 Å². The molecule has 0 radical (unpaired) electrons. The zero-order chi connectivity index (χ0) is 43.3. The van der Waals surface area contributed by atoms with E-state index in [4.69, 9.17) is 4.42 Å². The molecule has 0 fully saturated rings. The third-order valence-corrected chi connectivity index (χ3v) is 14.0. The van der Waals surface area contributed by atoms with Gasteiger partial charge in [0.1, 0.15) is 11.2 Å². The van der Waals surface area contributed by atoms with Gasteiger partial charge in [-0.2, -0.15) is 0 Å². The Morgan fingerprint density at radius 2 is 0.712 bits per heavy atom. The van der Waals surface area contributed by atoms with Crippen LogP contribution in [0.1, 0.15) is 0 Å². The van der Waals surface area contributed by atoms with Crippen LogP contribution < -0.4 is 0 Å². The van der Waals surface area contributed by atoms with Crippen molar-refractivity contribution < 1.29 is 4.42 Å². The predicted molar refractivity (Wildman–Crippen MR) is 280 cm³/mol. The molecule has 0 N–H and O–H groups in total. The number of fused-ring (bicyclic) bond motifs is 10. The van der Waals surface area contributed by atoms with Crippen LogP contribution in [-0.4, -0.2) is 4.57 Å². The second-order valence-corrected chi connectivity index (χ2v) is 17.4. The van der Waals surface area contributed by atoms with Crippen molar-refractivity contribution in [1.29, 1.82) is 0 Å². The maximum atomic E-state index is 7.16. The fourth-order valence-electron chi connectivity index (χ4n) is 11.3. The number of para-hydroxylation sites is 3. The molecule has 0 spiro atoms. The van der Waals surface area contributed by atoms with E-state index in [0.29, 0.717) is 0 Å². The van der Waals surface area contributed by atoms with E-state index in [9.17, 15) is 0 Å². The maximum absolute atomic E-state index is 7.16. The Morgan fingerprint density at radius 1 is 0.273 bits per heavy atom. The largest absolute Gasteiger partial charge is 0.455 e. The zero-order valence-electron chi connectivity index (χ0n) is 35.9. The second-order valence-electron chi connectivity index (χ2n) is 17.4. The Bertz CT molecular complexity index is 4160. The lowest BCUT2D eigenvalue weighted by atomic mass is 9.84. The number of nitrogens with zero attached hydrogens (tertiary/aromatic N) is 1. The van der Waals surface area contributed by atoms with E-state index in [-0.39, 0.29) is 0 Å². The summed E-state index contributed by atoms with van der Waals surface area (Å²) < 4.78 is 9.56. The van der Waals surface area contributed by atoms with Crippen molar-refractivity contribution >= 4 is 86.8 Å². The lowest BCUT2D eigenvalue weighted by molar-refractivity contribution is 0.670. The lowest BCUT2D eigenvalue weighted by Crippen LogP contribution is -1.93. The molecule has 0 atom stereocenters. The first-order chi connectivity index (χ1) is 32.8. The molecule has 0 aliphatic heterocycles. The first kappa shape index (κ1) is 36.7. The van der Waals surface area contributed by atoms with Gasteiger partial charge in [-0.1, -0.05) is 200 Å². The molecule has 0 aliphatic carbocycles. The fraction of sp³-hybridized carbons (Fsp3) is 0. The van der Waals surface area contributed by atoms with E-state index in [2.05, 4.69) is 241 Å². The summed E-state index contributed by atoms with van der Waals surface area (Å²) in [6.07, 6.45) is 0. The van der Waals surface area contributed by atoms with Crippen LogP contribution in [-0.2, 0) is 0 Å². The van der Waals surface area contributed by atoms with E-state index in [1.807, 2.05) is 0 Å². The van der Waals surface area contributed by atoms with Crippen LogP contribution in [0.15, 0.2) is 241 Å². The third kappa shape index (κ3) is 5.30. The summed E-state index contributed by atoms with van der Waals surface area (Å²) in [7, 11) is 0. The summed E-state index contributed by atoms with van der Waals surface area (Å²) in [6, 6.07) is 86.2. The maximum Gasteiger partial charge on any atom is 0.143 e. The molecule has 0 aliphatic rings. The Kier molecular flexibility index (Phi) is 8.02. The molecule has 66 heavy (non-hydrogen) atoms. The first-order valence-corrected chi connectivity index (χ1v) is 22.8. The highest BCUT2D eigenvalue weighted by Gasteiger charge is 2.24. The van der Waals surface area contributed by atoms with Gasteiger partial charge in [0.25, 0.3) is 0 Å². The summed E-state index contributed by atoms with van der Waals surface area (Å²) in [4.78, 5) is 0. The van der Waals surface area contributed by atoms with Crippen molar-refractivity contribution in [2.75, 3.05) is 0 Å². The number of hydrogen-bond acceptors (Lipinski definition) is 1. The Morgan fingerprint density at radius 3 is 1.32 bits per heavy atom. The average Bonchev–Trinajstić information content (AvgIpc) is 3.93. The minimum absolute atomic E-state index is 0.875. The van der Waals surface area contributed by atoms with E-state index in [1.54, 1.807) is 0 Å². The summed E-state index contributed by atoms with van der Waals surface area (Å²) in [5, 5.41) is 14.5. The van der Waals surface area contributed by atoms with Gasteiger partial charge >= 0.3 is 0 Å². The van der Waals surface area contributed by atoms with Crippen LogP contribution in [0, 0.1) is 0 Å². The predicted octanol–water partition coefficient (Wildman–Crippen LogP) is 18.0. The number of benzene rings is 12. The fourth-order valence-corrected chi connectivity index (χ4v) is 11.3. The van der Waals surface area contributed by atoms with E-state index in [0.717, 1.165) is 38.8 Å². The smallest absolute Gasteiger partial charge is 0.143 e. The molecule has 0 saturated heterocycles. The van der Waals surface area contributed by atoms with Crippen molar-refractivity contribution in [2.24, 2.45) is 0 Å².